The van der Waals surface area contributed by atoms with Gasteiger partial charge in [-0.15, -0.1) is 0 Å². The molecule has 1 unspecified atom stereocenters. The van der Waals surface area contributed by atoms with E-state index in [1.807, 2.05) is 30.0 Å². The third kappa shape index (κ3) is 4.05. The molecule has 18 heavy (non-hydrogen) atoms. The largest absolute Gasteiger partial charge is 0.389 e. The molecule has 1 aromatic carbocycles. The molecule has 0 aromatic heterocycles. The highest BCUT2D eigenvalue weighted by Crippen LogP contribution is 2.25. The van der Waals surface area contributed by atoms with Crippen LogP contribution in [0.4, 0.5) is 5.69 Å². The van der Waals surface area contributed by atoms with Gasteiger partial charge < -0.3 is 11.1 Å². The summed E-state index contributed by atoms with van der Waals surface area (Å²) in [6.45, 7) is 1.01. The zero-order valence-electron chi connectivity index (χ0n) is 9.82. The maximum Gasteiger partial charge on any atom is 0.105 e. The van der Waals surface area contributed by atoms with E-state index in [-0.39, 0.29) is 0 Å². The van der Waals surface area contributed by atoms with Crippen LogP contribution in [0.5, 0.6) is 0 Å². The van der Waals surface area contributed by atoms with Crippen molar-refractivity contribution in [3.05, 3.63) is 28.2 Å². The van der Waals surface area contributed by atoms with Crippen molar-refractivity contribution in [3.8, 4) is 0 Å². The minimum atomic E-state index is 0.424. The Morgan fingerprint density at radius 3 is 2.94 bits per heavy atom. The number of halogens is 1. The second-order valence-electron chi connectivity index (χ2n) is 4.01. The first kappa shape index (κ1) is 14.5. The van der Waals surface area contributed by atoms with Crippen molar-refractivity contribution in [3.63, 3.8) is 0 Å². The van der Waals surface area contributed by atoms with Gasteiger partial charge in [0.2, 0.25) is 0 Å². The van der Waals surface area contributed by atoms with E-state index in [4.69, 9.17) is 18.0 Å². The molecule has 0 aliphatic carbocycles. The molecule has 1 saturated heterocycles. The van der Waals surface area contributed by atoms with Crippen molar-refractivity contribution < 1.29 is 0 Å². The first-order valence-corrected chi connectivity index (χ1v) is 9.10. The van der Waals surface area contributed by atoms with Crippen molar-refractivity contribution in [2.75, 3.05) is 29.1 Å². The Bertz CT molecular complexity index is 433. The molecule has 2 nitrogen and oxygen atoms in total. The summed E-state index contributed by atoms with van der Waals surface area (Å²) in [4.78, 5) is 0.424. The van der Waals surface area contributed by atoms with Gasteiger partial charge in [0.05, 0.1) is 0 Å². The normalized spacial score (nSPS) is 19.5. The van der Waals surface area contributed by atoms with Gasteiger partial charge in [-0.05, 0) is 34.1 Å². The highest BCUT2D eigenvalue weighted by atomic mass is 79.9. The van der Waals surface area contributed by atoms with E-state index in [0.717, 1.165) is 22.3 Å². The zero-order chi connectivity index (χ0) is 13.0. The van der Waals surface area contributed by atoms with Gasteiger partial charge in [0.15, 0.2) is 0 Å². The lowest BCUT2D eigenvalue weighted by Gasteiger charge is -2.21. The Kier molecular flexibility index (Phi) is 5.66. The molecule has 0 spiro atoms. The van der Waals surface area contributed by atoms with E-state index in [1.54, 1.807) is 0 Å². The predicted molar refractivity (Wildman–Crippen MR) is 92.1 cm³/mol. The van der Waals surface area contributed by atoms with Crippen LogP contribution in [0.1, 0.15) is 5.56 Å². The summed E-state index contributed by atoms with van der Waals surface area (Å²) in [6.07, 6.45) is 0. The molecule has 1 aliphatic rings. The number of hydrogen-bond donors (Lipinski definition) is 2. The van der Waals surface area contributed by atoms with Crippen LogP contribution in [-0.2, 0) is 0 Å². The summed E-state index contributed by atoms with van der Waals surface area (Å²) < 4.78 is 0.950. The standard InChI is InChI=1S/C12H15BrN2S3/c13-11-5-8(1-2-10(11)12(14)16)15-6-9-7-17-3-4-18-9/h1-2,5,9,15H,3-4,6-7H2,(H2,14,16). The highest BCUT2D eigenvalue weighted by Gasteiger charge is 2.14. The number of nitrogens with two attached hydrogens (primary N) is 1. The Hall–Kier alpha value is 0.0900. The SMILES string of the molecule is NC(=S)c1ccc(NCC2CSCCS2)cc1Br. The number of rotatable bonds is 4. The molecule has 1 heterocycles. The fourth-order valence-electron chi connectivity index (χ4n) is 1.71. The number of benzene rings is 1. The average molecular weight is 363 g/mol. The molecule has 6 heteroatoms. The molecule has 0 bridgehead atoms. The molecule has 0 radical (unpaired) electrons. The smallest absolute Gasteiger partial charge is 0.105 e. The Labute approximate surface area is 130 Å². The van der Waals surface area contributed by atoms with E-state index in [2.05, 4.69) is 33.0 Å². The highest BCUT2D eigenvalue weighted by molar-refractivity contribution is 9.10. The molecule has 2 rings (SSSR count). The Morgan fingerprint density at radius 2 is 2.33 bits per heavy atom. The molecule has 3 N–H and O–H groups in total. The number of hydrogen-bond acceptors (Lipinski definition) is 4. The first-order valence-electron chi connectivity index (χ1n) is 5.69. The van der Waals surface area contributed by atoms with Crippen molar-refractivity contribution in [1.29, 1.82) is 0 Å². The van der Waals surface area contributed by atoms with Crippen LogP contribution in [0, 0.1) is 0 Å². The van der Waals surface area contributed by atoms with E-state index < -0.39 is 0 Å². The van der Waals surface area contributed by atoms with Crippen molar-refractivity contribution >= 4 is 62.3 Å². The van der Waals surface area contributed by atoms with Crippen molar-refractivity contribution in [2.24, 2.45) is 5.73 Å². The number of anilines is 1. The maximum atomic E-state index is 5.63. The fourth-order valence-corrected chi connectivity index (χ4v) is 5.22. The zero-order valence-corrected chi connectivity index (χ0v) is 13.9. The third-order valence-electron chi connectivity index (χ3n) is 2.65. The molecule has 1 fully saturated rings. The summed E-state index contributed by atoms with van der Waals surface area (Å²) in [5.41, 5.74) is 7.63. The topological polar surface area (TPSA) is 38.0 Å². The molecule has 1 aromatic rings. The van der Waals surface area contributed by atoms with Gasteiger partial charge in [-0.3, -0.25) is 0 Å². The van der Waals surface area contributed by atoms with Crippen LogP contribution < -0.4 is 11.1 Å². The number of thiocarbonyl (C=S) groups is 1. The van der Waals surface area contributed by atoms with Crippen LogP contribution in [0.15, 0.2) is 22.7 Å². The summed E-state index contributed by atoms with van der Waals surface area (Å²) in [7, 11) is 0. The van der Waals surface area contributed by atoms with Crippen LogP contribution in [0.2, 0.25) is 0 Å². The van der Waals surface area contributed by atoms with Crippen LogP contribution >= 0.6 is 51.7 Å². The second-order valence-corrected chi connectivity index (χ2v) is 7.86. The predicted octanol–water partition coefficient (Wildman–Crippen LogP) is 3.34. The van der Waals surface area contributed by atoms with Gasteiger partial charge in [0.25, 0.3) is 0 Å². The van der Waals surface area contributed by atoms with Gasteiger partial charge in [0.1, 0.15) is 4.99 Å². The molecule has 0 amide bonds. The second kappa shape index (κ2) is 7.03. The van der Waals surface area contributed by atoms with Gasteiger partial charge >= 0.3 is 0 Å². The minimum Gasteiger partial charge on any atom is -0.389 e. The van der Waals surface area contributed by atoms with Crippen LogP contribution in [-0.4, -0.2) is 34.0 Å². The first-order chi connectivity index (χ1) is 8.66. The minimum absolute atomic E-state index is 0.424. The third-order valence-corrected chi connectivity index (χ3v) is 6.37. The van der Waals surface area contributed by atoms with E-state index in [1.165, 1.54) is 17.3 Å². The monoisotopic (exact) mass is 362 g/mol. The van der Waals surface area contributed by atoms with Crippen molar-refractivity contribution in [1.82, 2.24) is 0 Å². The Balaban J connectivity index is 1.93. The van der Waals surface area contributed by atoms with Crippen molar-refractivity contribution in [2.45, 2.75) is 5.25 Å². The molecular weight excluding hydrogens is 348 g/mol. The van der Waals surface area contributed by atoms with Crippen LogP contribution in [0.3, 0.4) is 0 Å². The lowest BCUT2D eigenvalue weighted by Crippen LogP contribution is -2.23. The fraction of sp³-hybridized carbons (Fsp3) is 0.417. The number of thioether (sulfide) groups is 2. The lowest BCUT2D eigenvalue weighted by atomic mass is 10.2. The van der Waals surface area contributed by atoms with Gasteiger partial charge in [-0.1, -0.05) is 12.2 Å². The lowest BCUT2D eigenvalue weighted by molar-refractivity contribution is 1.00. The van der Waals surface area contributed by atoms with Crippen LogP contribution in [0.25, 0.3) is 0 Å². The van der Waals surface area contributed by atoms with E-state index >= 15 is 0 Å². The van der Waals surface area contributed by atoms with E-state index in [0.29, 0.717) is 10.2 Å². The molecule has 0 saturated carbocycles. The molecule has 1 aliphatic heterocycles. The number of nitrogens with one attached hydrogen (secondary N) is 1. The van der Waals surface area contributed by atoms with Gasteiger partial charge in [-0.2, -0.15) is 23.5 Å². The molecule has 98 valence electrons. The summed E-state index contributed by atoms with van der Waals surface area (Å²) >= 11 is 12.6. The molecular formula is C12H15BrN2S3. The average Bonchev–Trinajstić information content (AvgIpc) is 2.37. The summed E-state index contributed by atoms with van der Waals surface area (Å²) in [5, 5.41) is 4.18. The van der Waals surface area contributed by atoms with E-state index in [9.17, 15) is 0 Å². The quantitative estimate of drug-likeness (QED) is 0.803. The summed E-state index contributed by atoms with van der Waals surface area (Å²) in [6, 6.07) is 6.02. The molecule has 1 atom stereocenters. The summed E-state index contributed by atoms with van der Waals surface area (Å²) in [5.74, 6) is 3.79. The van der Waals surface area contributed by atoms with Gasteiger partial charge in [0, 0.05) is 44.8 Å². The van der Waals surface area contributed by atoms with Gasteiger partial charge in [-0.25, -0.2) is 0 Å². The Morgan fingerprint density at radius 1 is 1.50 bits per heavy atom. The maximum absolute atomic E-state index is 5.63.